The SMILES string of the molecule is CC1(C)C(/C=C/C=C/C=C2\N(CCCS(=O)(=O)[O-])c3ccccc3C2(C)CCCCCC(=O)O)=[N+](CCCS(=O)(=O)[O-])c2ccccc21. The fourth-order valence-corrected chi connectivity index (χ4v) is 7.95. The van der Waals surface area contributed by atoms with Crippen molar-refractivity contribution in [3.8, 4) is 0 Å². The molecule has 1 atom stereocenters. The van der Waals surface area contributed by atoms with Crippen LogP contribution in [0, 0.1) is 0 Å². The lowest BCUT2D eigenvalue weighted by Crippen LogP contribution is -2.30. The summed E-state index contributed by atoms with van der Waals surface area (Å²) in [5, 5.41) is 9.06. The number of carboxylic acids is 1. The maximum atomic E-state index is 11.4. The minimum atomic E-state index is -4.37. The molecule has 1 N–H and O–H groups in total. The number of hydrogen-bond acceptors (Lipinski definition) is 8. The Bertz CT molecular complexity index is 1840. The second-order valence-corrected chi connectivity index (χ2v) is 16.2. The second kappa shape index (κ2) is 15.3. The highest BCUT2D eigenvalue weighted by Crippen LogP contribution is 2.50. The van der Waals surface area contributed by atoms with Crippen LogP contribution in [0.25, 0.3) is 0 Å². The lowest BCUT2D eigenvalue weighted by molar-refractivity contribution is -0.437. The van der Waals surface area contributed by atoms with Gasteiger partial charge in [0, 0.05) is 65.4 Å². The number of fused-ring (bicyclic) bond motifs is 2. The fourth-order valence-electron chi connectivity index (χ4n) is 6.99. The maximum absolute atomic E-state index is 11.4. The number of allylic oxidation sites excluding steroid dienone is 6. The largest absolute Gasteiger partial charge is 0.748 e. The van der Waals surface area contributed by atoms with Crippen LogP contribution in [0.4, 0.5) is 11.4 Å². The van der Waals surface area contributed by atoms with E-state index in [4.69, 9.17) is 5.11 Å². The number of aliphatic carboxylic acids is 1. The molecule has 1 unspecified atom stereocenters. The third-order valence-electron chi connectivity index (χ3n) is 9.29. The van der Waals surface area contributed by atoms with Crippen molar-refractivity contribution in [3.05, 3.63) is 95.7 Å². The van der Waals surface area contributed by atoms with Crippen LogP contribution in [-0.4, -0.2) is 71.9 Å². The lowest BCUT2D eigenvalue weighted by Gasteiger charge is -2.30. The highest BCUT2D eigenvalue weighted by Gasteiger charge is 2.44. The molecule has 0 bridgehead atoms. The summed E-state index contributed by atoms with van der Waals surface area (Å²) >= 11 is 0. The van der Waals surface area contributed by atoms with Gasteiger partial charge >= 0.3 is 5.97 Å². The lowest BCUT2D eigenvalue weighted by atomic mass is 9.77. The van der Waals surface area contributed by atoms with Crippen molar-refractivity contribution in [1.29, 1.82) is 0 Å². The number of benzene rings is 2. The van der Waals surface area contributed by atoms with Crippen LogP contribution < -0.4 is 4.90 Å². The van der Waals surface area contributed by atoms with Gasteiger partial charge in [-0.25, -0.2) is 16.8 Å². The predicted molar refractivity (Wildman–Crippen MR) is 186 cm³/mol. The molecule has 0 radical (unpaired) electrons. The smallest absolute Gasteiger partial charge is 0.303 e. The molecule has 260 valence electrons. The first kappa shape index (κ1) is 37.2. The Morgan fingerprint density at radius 1 is 0.833 bits per heavy atom. The number of hydrogen-bond donors (Lipinski definition) is 1. The summed E-state index contributed by atoms with van der Waals surface area (Å²) in [6.45, 7) is 7.10. The van der Waals surface area contributed by atoms with E-state index in [9.17, 15) is 30.7 Å². The van der Waals surface area contributed by atoms with Crippen molar-refractivity contribution in [1.82, 2.24) is 0 Å². The summed E-state index contributed by atoms with van der Waals surface area (Å²) in [6.07, 6.45) is 13.2. The van der Waals surface area contributed by atoms with Crippen LogP contribution in [-0.2, 0) is 35.9 Å². The monoisotopic (exact) mass is 697 g/mol. The summed E-state index contributed by atoms with van der Waals surface area (Å²) in [7, 11) is -8.69. The summed E-state index contributed by atoms with van der Waals surface area (Å²) in [5.41, 5.74) is 5.31. The van der Waals surface area contributed by atoms with E-state index in [0.29, 0.717) is 19.5 Å². The highest BCUT2D eigenvalue weighted by molar-refractivity contribution is 7.85. The van der Waals surface area contributed by atoms with Gasteiger partial charge in [-0.1, -0.05) is 67.5 Å². The molecule has 48 heavy (non-hydrogen) atoms. The Labute approximate surface area is 284 Å². The van der Waals surface area contributed by atoms with Crippen LogP contribution in [0.1, 0.15) is 76.8 Å². The van der Waals surface area contributed by atoms with Crippen LogP contribution in [0.2, 0.25) is 0 Å². The molecule has 0 fully saturated rings. The van der Waals surface area contributed by atoms with Crippen molar-refractivity contribution < 1.29 is 40.4 Å². The summed E-state index contributed by atoms with van der Waals surface area (Å²) in [4.78, 5) is 13.1. The molecule has 2 aliphatic rings. The molecule has 0 saturated carbocycles. The molecule has 12 heteroatoms. The molecule has 0 aliphatic carbocycles. The van der Waals surface area contributed by atoms with Crippen molar-refractivity contribution in [3.63, 3.8) is 0 Å². The number of anilines is 1. The van der Waals surface area contributed by atoms with Crippen molar-refractivity contribution in [2.45, 2.75) is 76.5 Å². The van der Waals surface area contributed by atoms with Gasteiger partial charge in [0.15, 0.2) is 5.71 Å². The van der Waals surface area contributed by atoms with E-state index in [1.54, 1.807) is 0 Å². The topological polar surface area (TPSA) is 158 Å². The molecule has 2 aromatic carbocycles. The van der Waals surface area contributed by atoms with Crippen molar-refractivity contribution >= 4 is 43.3 Å². The number of carbonyl (C=O) groups is 1. The molecular formula is C36H45N2O8S2-. The molecular weight excluding hydrogens is 653 g/mol. The Morgan fingerprint density at radius 3 is 2.17 bits per heavy atom. The number of unbranched alkanes of at least 4 members (excludes halogenated alkanes) is 2. The van der Waals surface area contributed by atoms with Crippen molar-refractivity contribution in [2.24, 2.45) is 0 Å². The Kier molecular flexibility index (Phi) is 11.9. The molecule has 2 aliphatic heterocycles. The molecule has 2 aromatic rings. The van der Waals surface area contributed by atoms with E-state index >= 15 is 0 Å². The van der Waals surface area contributed by atoms with Crippen LogP contribution in [0.5, 0.6) is 0 Å². The number of rotatable bonds is 17. The zero-order valence-corrected chi connectivity index (χ0v) is 29.4. The minimum Gasteiger partial charge on any atom is -0.748 e. The first-order chi connectivity index (χ1) is 22.5. The normalized spacial score (nSPS) is 19.9. The Balaban J connectivity index is 1.64. The molecule has 2 heterocycles. The van der Waals surface area contributed by atoms with Gasteiger partial charge in [0.2, 0.25) is 5.69 Å². The van der Waals surface area contributed by atoms with E-state index in [1.807, 2.05) is 66.8 Å². The van der Waals surface area contributed by atoms with Crippen molar-refractivity contribution in [2.75, 3.05) is 29.5 Å². The Hall–Kier alpha value is -3.58. The van der Waals surface area contributed by atoms with E-state index in [0.717, 1.165) is 53.2 Å². The molecule has 4 rings (SSSR count). The zero-order valence-electron chi connectivity index (χ0n) is 27.8. The number of para-hydroxylation sites is 2. The summed E-state index contributed by atoms with van der Waals surface area (Å²) in [5.74, 6) is -1.71. The summed E-state index contributed by atoms with van der Waals surface area (Å²) in [6, 6.07) is 15.9. The molecule has 0 amide bonds. The predicted octanol–water partition coefficient (Wildman–Crippen LogP) is 5.74. The molecule has 10 nitrogen and oxygen atoms in total. The standard InChI is InChI=1S/C36H46N2O8S2/c1-35(2)28-16-9-11-18-30(28)37(24-14-26-47(41,42)43)32(35)20-6-4-7-21-33-36(3,23-13-5-8-22-34(39)40)29-17-10-12-19-31(29)38(33)25-15-27-48(44,45)46/h4,6-7,9-12,16-21H,5,8,13-15,22-27H2,1-3H3,(H2-,39,40,41,42,43,44,45,46)/p-1. The molecule has 0 aromatic heterocycles. The van der Waals surface area contributed by atoms with Crippen LogP contribution in [0.15, 0.2) is 84.6 Å². The van der Waals surface area contributed by atoms with E-state index < -0.39 is 43.1 Å². The summed E-state index contributed by atoms with van der Waals surface area (Å²) < 4.78 is 70.2. The third-order valence-corrected chi connectivity index (χ3v) is 10.9. The van der Waals surface area contributed by atoms with Gasteiger partial charge < -0.3 is 19.1 Å². The molecule has 0 spiro atoms. The Morgan fingerprint density at radius 2 is 1.48 bits per heavy atom. The average Bonchev–Trinajstić information content (AvgIpc) is 3.35. The van der Waals surface area contributed by atoms with Gasteiger partial charge in [-0.15, -0.1) is 0 Å². The van der Waals surface area contributed by atoms with Gasteiger partial charge in [-0.2, -0.15) is 4.58 Å². The van der Waals surface area contributed by atoms with Crippen LogP contribution >= 0.6 is 0 Å². The van der Waals surface area contributed by atoms with E-state index in [1.165, 1.54) is 0 Å². The molecule has 0 saturated heterocycles. The zero-order chi connectivity index (χ0) is 35.2. The quantitative estimate of drug-likeness (QED) is 0.0942. The first-order valence-electron chi connectivity index (χ1n) is 16.3. The third kappa shape index (κ3) is 9.10. The highest BCUT2D eigenvalue weighted by atomic mass is 32.2. The number of carboxylic acid groups (broad SMARTS) is 1. The number of nitrogens with zero attached hydrogens (tertiary/aromatic N) is 2. The first-order valence-corrected chi connectivity index (χ1v) is 19.5. The van der Waals surface area contributed by atoms with E-state index in [-0.39, 0.29) is 24.7 Å². The average molecular weight is 698 g/mol. The fraction of sp³-hybridized carbons (Fsp3) is 0.444. The maximum Gasteiger partial charge on any atom is 0.303 e. The van der Waals surface area contributed by atoms with Gasteiger partial charge in [-0.3, -0.25) is 4.79 Å². The van der Waals surface area contributed by atoms with Crippen LogP contribution in [0.3, 0.4) is 0 Å². The minimum absolute atomic E-state index is 0.122. The van der Waals surface area contributed by atoms with E-state index in [2.05, 4.69) is 42.4 Å². The van der Waals surface area contributed by atoms with Gasteiger partial charge in [-0.05, 0) is 57.7 Å². The van der Waals surface area contributed by atoms with Gasteiger partial charge in [0.1, 0.15) is 6.54 Å². The second-order valence-electron chi connectivity index (χ2n) is 13.2. The van der Waals surface area contributed by atoms with Gasteiger partial charge in [0.05, 0.1) is 25.7 Å². The van der Waals surface area contributed by atoms with Gasteiger partial charge in [0.25, 0.3) is 0 Å².